The summed E-state index contributed by atoms with van der Waals surface area (Å²) < 4.78 is 51.9. The van der Waals surface area contributed by atoms with E-state index in [-0.39, 0.29) is 62.9 Å². The van der Waals surface area contributed by atoms with Crippen LogP contribution in [0.25, 0.3) is 0 Å². The number of allylic oxidation sites excluding steroid dienone is 1. The third-order valence-electron chi connectivity index (χ3n) is 14.3. The topological polar surface area (TPSA) is 167 Å². The number of ether oxygens (including phenoxy) is 6. The van der Waals surface area contributed by atoms with E-state index >= 15 is 0 Å². The Bertz CT molecular complexity index is 2260. The second-order valence-electron chi connectivity index (χ2n) is 19.1. The lowest BCUT2D eigenvalue weighted by Gasteiger charge is -2.59. The van der Waals surface area contributed by atoms with Gasteiger partial charge in [-0.2, -0.15) is 0 Å². The second-order valence-corrected chi connectivity index (χ2v) is 19.1. The summed E-state index contributed by atoms with van der Waals surface area (Å²) in [5.74, 6) is -1.41. The number of benzene rings is 3. The molecule has 72 heavy (non-hydrogen) atoms. The van der Waals surface area contributed by atoms with Crippen molar-refractivity contribution >= 4 is 23.6 Å². The Morgan fingerprint density at radius 1 is 0.861 bits per heavy atom. The van der Waals surface area contributed by atoms with Gasteiger partial charge in [-0.05, 0) is 97.5 Å². The predicted molar refractivity (Wildman–Crippen MR) is 276 cm³/mol. The zero-order chi connectivity index (χ0) is 51.3. The molecule has 1 fully saturated rings. The highest BCUT2D eigenvalue weighted by atomic mass is 19.1. The molecule has 2 aliphatic carbocycles. The largest absolute Gasteiger partial charge is 0.497 e. The lowest BCUT2D eigenvalue weighted by atomic mass is 9.55. The minimum atomic E-state index is -1.57. The number of amides is 2. The van der Waals surface area contributed by atoms with Gasteiger partial charge in [0.2, 0.25) is 5.79 Å². The number of rotatable bonds is 30. The molecule has 3 aliphatic rings. The lowest BCUT2D eigenvalue weighted by molar-refractivity contribution is -0.256. The molecule has 6 rings (SSSR count). The number of aliphatic hydroxyl groups excluding tert-OH is 2. The van der Waals surface area contributed by atoms with E-state index in [0.717, 1.165) is 43.2 Å². The number of fused-ring (bicyclic) bond motifs is 2. The van der Waals surface area contributed by atoms with E-state index in [1.54, 1.807) is 60.6 Å². The first-order valence-electron chi connectivity index (χ1n) is 26.1. The van der Waals surface area contributed by atoms with Crippen LogP contribution >= 0.6 is 0 Å². The number of nitrogens with zero attached hydrogens (tertiary/aromatic N) is 2. The van der Waals surface area contributed by atoms with Gasteiger partial charge in [0.25, 0.3) is 0 Å². The maximum atomic E-state index is 14.9. The summed E-state index contributed by atoms with van der Waals surface area (Å²) in [7, 11) is 4.54. The van der Waals surface area contributed by atoms with Crippen molar-refractivity contribution in [3.05, 3.63) is 102 Å². The molecule has 0 saturated heterocycles. The average Bonchev–Trinajstić information content (AvgIpc) is 3.38. The van der Waals surface area contributed by atoms with Gasteiger partial charge in [-0.3, -0.25) is 10.2 Å². The summed E-state index contributed by atoms with van der Waals surface area (Å²) >= 11 is 0. The normalized spacial score (nSPS) is 21.3. The molecule has 2 amide bonds. The molecule has 1 saturated carbocycles. The fraction of sp³-hybridized carbons (Fsp3) is 0.561. The number of nitrogens with one attached hydrogen (secondary N) is 1. The number of unbranched alkanes of at least 4 members (excludes halogenated alkanes) is 11. The molecule has 0 spiro atoms. The lowest BCUT2D eigenvalue weighted by Crippen LogP contribution is -2.70. The monoisotopic (exact) mass is 1000 g/mol. The Morgan fingerprint density at radius 2 is 1.56 bits per heavy atom. The van der Waals surface area contributed by atoms with Gasteiger partial charge in [-0.15, -0.1) is 6.58 Å². The third kappa shape index (κ3) is 14.3. The molecule has 1 heterocycles. The molecule has 1 aliphatic heterocycles. The van der Waals surface area contributed by atoms with Crippen LogP contribution in [0.15, 0.2) is 90.1 Å². The van der Waals surface area contributed by atoms with Crippen LogP contribution in [-0.2, 0) is 20.9 Å². The van der Waals surface area contributed by atoms with E-state index in [4.69, 9.17) is 33.3 Å². The molecule has 6 unspecified atom stereocenters. The van der Waals surface area contributed by atoms with Gasteiger partial charge in [-0.1, -0.05) is 107 Å². The molecule has 15 heteroatoms. The highest BCUT2D eigenvalue weighted by molar-refractivity contribution is 6.03. The molecule has 0 aromatic heterocycles. The first kappa shape index (κ1) is 55.7. The summed E-state index contributed by atoms with van der Waals surface area (Å²) in [4.78, 5) is 35.8. The number of halogens is 1. The maximum absolute atomic E-state index is 14.9. The second kappa shape index (κ2) is 28.6. The first-order valence-corrected chi connectivity index (χ1v) is 26.1. The number of oxime groups is 1. The van der Waals surface area contributed by atoms with Crippen LogP contribution in [0.1, 0.15) is 133 Å². The van der Waals surface area contributed by atoms with Crippen molar-refractivity contribution in [1.29, 1.82) is 0 Å². The number of hydrogen-bond donors (Lipinski definition) is 3. The number of aliphatic hydroxyl groups is 2. The van der Waals surface area contributed by atoms with E-state index in [1.165, 1.54) is 64.9 Å². The Kier molecular flexibility index (Phi) is 22.1. The third-order valence-corrected chi connectivity index (χ3v) is 14.3. The molecular weight excluding hydrogens is 922 g/mol. The Hall–Kier alpha value is -5.64. The van der Waals surface area contributed by atoms with Gasteiger partial charge < -0.3 is 43.5 Å². The SMILES string of the molecule is C=CCOC12Oc3ccc(OC(=O)Nc4ccc(OC)cc4OC)cc3C3C(CCCCO)C(CCCCO)C=C(C(=NOC)CC1N(Cc1ccc(F)cc1)C(=O)OCCCCCCCCCCCC)C32. The summed E-state index contributed by atoms with van der Waals surface area (Å²) in [5.41, 5.74) is 3.28. The van der Waals surface area contributed by atoms with Crippen molar-refractivity contribution in [3.63, 3.8) is 0 Å². The van der Waals surface area contributed by atoms with Crippen LogP contribution in [0.2, 0.25) is 0 Å². The van der Waals surface area contributed by atoms with Crippen molar-refractivity contribution in [1.82, 2.24) is 4.90 Å². The van der Waals surface area contributed by atoms with Crippen molar-refractivity contribution in [2.45, 2.75) is 140 Å². The quantitative estimate of drug-likeness (QED) is 0.0330. The van der Waals surface area contributed by atoms with Crippen LogP contribution in [0, 0.1) is 23.6 Å². The fourth-order valence-electron chi connectivity index (χ4n) is 10.9. The van der Waals surface area contributed by atoms with E-state index < -0.39 is 35.8 Å². The smallest absolute Gasteiger partial charge is 0.417 e. The van der Waals surface area contributed by atoms with Crippen molar-refractivity contribution in [2.75, 3.05) is 53.1 Å². The van der Waals surface area contributed by atoms with Crippen molar-refractivity contribution in [3.8, 4) is 23.0 Å². The number of anilines is 1. The standard InChI is InChI=1S/C57H78FN3O11/c1-6-8-9-10-11-12-13-14-15-20-34-69-56(65)61(39-40-23-25-42(58)26-24-40)52-38-49(60-68-5)46-35-41(21-16-18-31-62)45(22-17-19-32-63)53-47-36-44(28-30-50(47)72-57(52,54(46)53)70-33-7-2)71-55(64)59-48-29-27-43(66-3)37-51(48)67-4/h7,23-30,35-37,41,45,52-54,62-63H,2,6,8-22,31-34,38-39H2,1,3-5H3,(H,59,64). The van der Waals surface area contributed by atoms with Gasteiger partial charge in [0, 0.05) is 43.7 Å². The highest BCUT2D eigenvalue weighted by Gasteiger charge is 2.65. The van der Waals surface area contributed by atoms with E-state index in [2.05, 4.69) is 30.1 Å². The summed E-state index contributed by atoms with van der Waals surface area (Å²) in [5, 5.41) is 27.4. The molecule has 394 valence electrons. The van der Waals surface area contributed by atoms with Gasteiger partial charge in [0.05, 0.1) is 44.8 Å². The minimum Gasteiger partial charge on any atom is -0.497 e. The van der Waals surface area contributed by atoms with Gasteiger partial charge in [0.15, 0.2) is 0 Å². The highest BCUT2D eigenvalue weighted by Crippen LogP contribution is 2.62. The Balaban J connectivity index is 1.43. The molecule has 6 atom stereocenters. The average molecular weight is 1000 g/mol. The zero-order valence-electron chi connectivity index (χ0n) is 42.9. The molecule has 14 nitrogen and oxygen atoms in total. The van der Waals surface area contributed by atoms with E-state index in [0.29, 0.717) is 66.3 Å². The molecule has 3 N–H and O–H groups in total. The molecule has 0 radical (unpaired) electrons. The number of methoxy groups -OCH3 is 2. The summed E-state index contributed by atoms with van der Waals surface area (Å²) in [6, 6.07) is 15.5. The number of carbonyl (C=O) groups excluding carboxylic acids is 2. The van der Waals surface area contributed by atoms with Gasteiger partial charge in [-0.25, -0.2) is 14.0 Å². The van der Waals surface area contributed by atoms with Crippen LogP contribution in [0.4, 0.5) is 19.7 Å². The number of hydrogen-bond acceptors (Lipinski definition) is 12. The van der Waals surface area contributed by atoms with E-state index in [9.17, 15) is 24.2 Å². The van der Waals surface area contributed by atoms with Crippen LogP contribution in [0.5, 0.6) is 23.0 Å². The zero-order valence-corrected chi connectivity index (χ0v) is 42.9. The number of carbonyl (C=O) groups is 2. The summed E-state index contributed by atoms with van der Waals surface area (Å²) in [6.07, 6.45) is 18.2. The van der Waals surface area contributed by atoms with E-state index in [1.807, 2.05) is 6.07 Å². The fourth-order valence-corrected chi connectivity index (χ4v) is 10.9. The Morgan fingerprint density at radius 3 is 2.22 bits per heavy atom. The van der Waals surface area contributed by atoms with Crippen LogP contribution in [0.3, 0.4) is 0 Å². The van der Waals surface area contributed by atoms with Crippen LogP contribution < -0.4 is 24.3 Å². The van der Waals surface area contributed by atoms with Crippen molar-refractivity contribution < 1.29 is 57.5 Å². The van der Waals surface area contributed by atoms with Crippen LogP contribution in [-0.4, -0.2) is 92.6 Å². The first-order chi connectivity index (χ1) is 35.1. The predicted octanol–water partition coefficient (Wildman–Crippen LogP) is 12.3. The minimum absolute atomic E-state index is 0.0232. The molecule has 0 bridgehead atoms. The summed E-state index contributed by atoms with van der Waals surface area (Å²) in [6.45, 7) is 6.66. The van der Waals surface area contributed by atoms with Gasteiger partial charge in [0.1, 0.15) is 42.0 Å². The molecule has 3 aromatic rings. The molecule has 3 aromatic carbocycles. The maximum Gasteiger partial charge on any atom is 0.417 e. The molecular formula is C57H78FN3O11. The van der Waals surface area contributed by atoms with Gasteiger partial charge >= 0.3 is 12.2 Å². The Labute approximate surface area is 425 Å². The van der Waals surface area contributed by atoms with Crippen molar-refractivity contribution in [2.24, 2.45) is 22.9 Å².